The van der Waals surface area contributed by atoms with Crippen molar-refractivity contribution in [2.24, 2.45) is 17.8 Å². The summed E-state index contributed by atoms with van der Waals surface area (Å²) in [5, 5.41) is 6.11. The molecule has 6 heteroatoms. The second kappa shape index (κ2) is 8.16. The first kappa shape index (κ1) is 18.8. The van der Waals surface area contributed by atoms with Gasteiger partial charge in [0, 0.05) is 31.5 Å². The smallest absolute Gasteiger partial charge is 0.225 e. The number of halogens is 1. The summed E-state index contributed by atoms with van der Waals surface area (Å²) >= 11 is 0. The van der Waals surface area contributed by atoms with Gasteiger partial charge in [-0.15, -0.1) is 0 Å². The van der Waals surface area contributed by atoms with Crippen molar-refractivity contribution in [2.45, 2.75) is 33.2 Å². The molecule has 0 spiro atoms. The van der Waals surface area contributed by atoms with E-state index in [-0.39, 0.29) is 29.5 Å². The highest BCUT2D eigenvalue weighted by Crippen LogP contribution is 2.23. The molecule has 0 radical (unpaired) electrons. The van der Waals surface area contributed by atoms with Crippen molar-refractivity contribution in [3.8, 4) is 0 Å². The molecule has 1 aromatic rings. The third kappa shape index (κ3) is 4.23. The van der Waals surface area contributed by atoms with E-state index in [4.69, 9.17) is 0 Å². The zero-order valence-corrected chi connectivity index (χ0v) is 15.6. The molecule has 0 aliphatic carbocycles. The number of amides is 2. The van der Waals surface area contributed by atoms with Crippen LogP contribution in [0.4, 0.5) is 4.39 Å². The van der Waals surface area contributed by atoms with Crippen LogP contribution in [0.25, 0.3) is 0 Å². The Labute approximate surface area is 154 Å². The number of piperidine rings is 1. The van der Waals surface area contributed by atoms with Gasteiger partial charge >= 0.3 is 0 Å². The molecule has 0 aromatic heterocycles. The van der Waals surface area contributed by atoms with Gasteiger partial charge < -0.3 is 15.5 Å². The molecule has 2 saturated heterocycles. The first-order valence-corrected chi connectivity index (χ1v) is 9.48. The molecule has 0 bridgehead atoms. The topological polar surface area (TPSA) is 61.4 Å². The van der Waals surface area contributed by atoms with Gasteiger partial charge in [-0.2, -0.15) is 0 Å². The van der Waals surface area contributed by atoms with Gasteiger partial charge in [0.25, 0.3) is 0 Å². The SMILES string of the molecule is Cc1ccc(CNC(=O)C2CCN(C(=O)C(C)C3CNC3)CC2)cc1F. The molecule has 2 aliphatic rings. The van der Waals surface area contributed by atoms with E-state index in [1.807, 2.05) is 17.9 Å². The molecule has 3 rings (SSSR count). The van der Waals surface area contributed by atoms with E-state index in [1.54, 1.807) is 13.0 Å². The summed E-state index contributed by atoms with van der Waals surface area (Å²) in [6.07, 6.45) is 1.38. The van der Waals surface area contributed by atoms with E-state index in [0.717, 1.165) is 18.7 Å². The molecule has 142 valence electrons. The average molecular weight is 361 g/mol. The summed E-state index contributed by atoms with van der Waals surface area (Å²) in [5.41, 5.74) is 1.36. The standard InChI is InChI=1S/C20H28FN3O2/c1-13-3-4-15(9-18(13)21)10-23-19(25)16-5-7-24(8-6-16)20(26)14(2)17-11-22-12-17/h3-4,9,14,16-17,22H,5-8,10-12H2,1-2H3,(H,23,25). The molecule has 1 unspecified atom stereocenters. The van der Waals surface area contributed by atoms with Crippen molar-refractivity contribution >= 4 is 11.8 Å². The van der Waals surface area contributed by atoms with Crippen LogP contribution < -0.4 is 10.6 Å². The molecule has 5 nitrogen and oxygen atoms in total. The summed E-state index contributed by atoms with van der Waals surface area (Å²) in [7, 11) is 0. The van der Waals surface area contributed by atoms with Gasteiger partial charge in [-0.25, -0.2) is 4.39 Å². The van der Waals surface area contributed by atoms with E-state index < -0.39 is 0 Å². The van der Waals surface area contributed by atoms with Crippen LogP contribution in [0, 0.1) is 30.5 Å². The number of hydrogen-bond donors (Lipinski definition) is 2. The third-order valence-corrected chi connectivity index (χ3v) is 5.79. The highest BCUT2D eigenvalue weighted by atomic mass is 19.1. The summed E-state index contributed by atoms with van der Waals surface area (Å²) in [6.45, 7) is 7.18. The van der Waals surface area contributed by atoms with Crippen molar-refractivity contribution in [1.29, 1.82) is 0 Å². The molecular formula is C20H28FN3O2. The summed E-state index contributed by atoms with van der Waals surface area (Å²) in [5.74, 6) is 0.380. The molecule has 0 saturated carbocycles. The van der Waals surface area contributed by atoms with Gasteiger partial charge in [0.05, 0.1) is 0 Å². The van der Waals surface area contributed by atoms with Crippen LogP contribution in [-0.2, 0) is 16.1 Å². The van der Waals surface area contributed by atoms with Gasteiger partial charge in [-0.05, 0) is 56.0 Å². The summed E-state index contributed by atoms with van der Waals surface area (Å²) < 4.78 is 13.6. The Morgan fingerprint density at radius 3 is 2.58 bits per heavy atom. The number of nitrogens with one attached hydrogen (secondary N) is 2. The number of aryl methyl sites for hydroxylation is 1. The first-order valence-electron chi connectivity index (χ1n) is 9.48. The first-order chi connectivity index (χ1) is 12.5. The quantitative estimate of drug-likeness (QED) is 0.841. The number of likely N-dealkylation sites (tertiary alicyclic amines) is 1. The minimum atomic E-state index is -0.251. The summed E-state index contributed by atoms with van der Waals surface area (Å²) in [4.78, 5) is 26.8. The molecule has 26 heavy (non-hydrogen) atoms. The number of nitrogens with zero attached hydrogens (tertiary/aromatic N) is 1. The van der Waals surface area contributed by atoms with Gasteiger partial charge in [-0.1, -0.05) is 19.1 Å². The van der Waals surface area contributed by atoms with Gasteiger partial charge in [0.1, 0.15) is 5.82 Å². The van der Waals surface area contributed by atoms with Gasteiger partial charge in [0.15, 0.2) is 0 Å². The van der Waals surface area contributed by atoms with Crippen LogP contribution in [-0.4, -0.2) is 42.9 Å². The zero-order valence-electron chi connectivity index (χ0n) is 15.6. The molecule has 2 fully saturated rings. The summed E-state index contributed by atoms with van der Waals surface area (Å²) in [6, 6.07) is 5.02. The molecule has 2 aliphatic heterocycles. The number of hydrogen-bond acceptors (Lipinski definition) is 3. The Balaban J connectivity index is 1.44. The van der Waals surface area contributed by atoms with E-state index in [1.165, 1.54) is 6.07 Å². The fourth-order valence-electron chi connectivity index (χ4n) is 3.60. The Bertz CT molecular complexity index is 667. The predicted octanol–water partition coefficient (Wildman–Crippen LogP) is 1.84. The Morgan fingerprint density at radius 1 is 1.31 bits per heavy atom. The highest BCUT2D eigenvalue weighted by Gasteiger charge is 2.34. The van der Waals surface area contributed by atoms with E-state index >= 15 is 0 Å². The normalized spacial score (nSPS) is 19.7. The van der Waals surface area contributed by atoms with E-state index in [0.29, 0.717) is 44.0 Å². The average Bonchev–Trinajstić information content (AvgIpc) is 2.60. The maximum Gasteiger partial charge on any atom is 0.225 e. The Kier molecular flexibility index (Phi) is 5.91. The second-order valence-corrected chi connectivity index (χ2v) is 7.61. The lowest BCUT2D eigenvalue weighted by Gasteiger charge is -2.37. The van der Waals surface area contributed by atoms with E-state index in [9.17, 15) is 14.0 Å². The fraction of sp³-hybridized carbons (Fsp3) is 0.600. The van der Waals surface area contributed by atoms with Crippen LogP contribution >= 0.6 is 0 Å². The lowest BCUT2D eigenvalue weighted by molar-refractivity contribution is -0.140. The monoisotopic (exact) mass is 361 g/mol. The molecule has 1 aromatic carbocycles. The number of carbonyl (C=O) groups excluding carboxylic acids is 2. The van der Waals surface area contributed by atoms with Crippen LogP contribution in [0.1, 0.15) is 30.9 Å². The van der Waals surface area contributed by atoms with Crippen molar-refractivity contribution < 1.29 is 14.0 Å². The van der Waals surface area contributed by atoms with Crippen molar-refractivity contribution in [2.75, 3.05) is 26.2 Å². The van der Waals surface area contributed by atoms with Gasteiger partial charge in [0.2, 0.25) is 11.8 Å². The largest absolute Gasteiger partial charge is 0.352 e. The van der Waals surface area contributed by atoms with Crippen LogP contribution in [0.3, 0.4) is 0 Å². The molecule has 2 heterocycles. The molecule has 2 N–H and O–H groups in total. The van der Waals surface area contributed by atoms with Gasteiger partial charge in [-0.3, -0.25) is 9.59 Å². The fourth-order valence-corrected chi connectivity index (χ4v) is 3.60. The minimum absolute atomic E-state index is 0.00526. The van der Waals surface area contributed by atoms with Crippen LogP contribution in [0.15, 0.2) is 18.2 Å². The second-order valence-electron chi connectivity index (χ2n) is 7.61. The number of carbonyl (C=O) groups is 2. The Morgan fingerprint density at radius 2 is 2.00 bits per heavy atom. The zero-order chi connectivity index (χ0) is 18.7. The van der Waals surface area contributed by atoms with Crippen molar-refractivity contribution in [3.63, 3.8) is 0 Å². The van der Waals surface area contributed by atoms with Crippen molar-refractivity contribution in [3.05, 3.63) is 35.1 Å². The lowest BCUT2D eigenvalue weighted by atomic mass is 9.87. The molecule has 1 atom stereocenters. The lowest BCUT2D eigenvalue weighted by Crippen LogP contribution is -2.52. The third-order valence-electron chi connectivity index (χ3n) is 5.79. The van der Waals surface area contributed by atoms with E-state index in [2.05, 4.69) is 10.6 Å². The van der Waals surface area contributed by atoms with Crippen LogP contribution in [0.5, 0.6) is 0 Å². The predicted molar refractivity (Wildman–Crippen MR) is 97.8 cm³/mol. The van der Waals surface area contributed by atoms with Crippen LogP contribution in [0.2, 0.25) is 0 Å². The molecular weight excluding hydrogens is 333 g/mol. The molecule has 2 amide bonds. The Hall–Kier alpha value is -1.95. The minimum Gasteiger partial charge on any atom is -0.352 e. The maximum atomic E-state index is 13.6. The van der Waals surface area contributed by atoms with Crippen molar-refractivity contribution in [1.82, 2.24) is 15.5 Å². The highest BCUT2D eigenvalue weighted by molar-refractivity contribution is 5.81. The number of rotatable bonds is 5. The maximum absolute atomic E-state index is 13.6. The number of benzene rings is 1.